The molecule has 0 amide bonds. The highest BCUT2D eigenvalue weighted by atomic mass is 19.1. The highest BCUT2D eigenvalue weighted by Gasteiger charge is 2.32. The van der Waals surface area contributed by atoms with E-state index in [4.69, 9.17) is 15.5 Å². The maximum Gasteiger partial charge on any atom is 0.185 e. The summed E-state index contributed by atoms with van der Waals surface area (Å²) in [5.74, 6) is 4.24. The largest absolute Gasteiger partial charge is 0.396 e. The monoisotopic (exact) mass is 1270 g/mol. The van der Waals surface area contributed by atoms with Gasteiger partial charge in [-0.25, -0.2) is 19.3 Å². The Bertz CT molecular complexity index is 4910. The number of pyridine rings is 1. The van der Waals surface area contributed by atoms with Gasteiger partial charge in [0.05, 0.1) is 63.6 Å². The zero-order valence-corrected chi connectivity index (χ0v) is 54.3. The Kier molecular flexibility index (Phi) is 16.3. The number of aliphatic hydroxyl groups is 1. The smallest absolute Gasteiger partial charge is 0.185 e. The number of likely N-dealkylation sites (N-methyl/N-ethyl adjacent to an activating group) is 2. The molecule has 5 aromatic carbocycles. The third-order valence-corrected chi connectivity index (χ3v) is 19.4. The topological polar surface area (TPSA) is 187 Å². The lowest BCUT2D eigenvalue weighted by Gasteiger charge is -2.22. The standard InChI is InChI=1S/C26H25FN4O.C25H24N8.C25H24N6/c1-17-12-29(15-21(17)16-32)23-6-7-24-20(10-23)14-30-13-19(18-2-4-22(27)5-3-18)11-25(30)26-28-8-9-31(24)26;1-30(2)21-7-8-31(15-21)24-10-20-14-32-13-19(18-5-3-17(11-26)4-6-18)9-22(32)25-29-28-16-33(25)23(20)12-27-24;1-29(2)11-9-27-22-7-8-23-21(13-22)17-30-16-20(19-5-3-18(15-26)4-6-19)14-24(30)25-28-10-12-31(23)25/h2-11,13,17,21,32H,12,14-16H2,1H3;3-6,9-10,12-13,16,21H,7-8,14-15H2,1-2H3;3-8,10,12-14,16,27H,9,11,17H2,1-2H3/t17-,21+;21-;/m00./s1. The predicted molar refractivity (Wildman–Crippen MR) is 373 cm³/mol. The molecule has 2 fully saturated rings. The fourth-order valence-electron chi connectivity index (χ4n) is 14.0. The van der Waals surface area contributed by atoms with E-state index in [2.05, 4.69) is 194 Å². The molecule has 0 radical (unpaired) electrons. The number of hydrogen-bond donors (Lipinski definition) is 2. The van der Waals surface area contributed by atoms with Crippen molar-refractivity contribution in [2.75, 3.05) is 89.2 Å². The van der Waals surface area contributed by atoms with Crippen LogP contribution in [0, 0.1) is 40.3 Å². The number of halogens is 1. The number of nitrogens with zero attached hydrogens (tertiary/aromatic N) is 17. The molecule has 0 saturated carbocycles. The van der Waals surface area contributed by atoms with Gasteiger partial charge in [-0.3, -0.25) is 13.7 Å². The van der Waals surface area contributed by atoms with Crippen molar-refractivity contribution in [2.45, 2.75) is 39.0 Å². The normalized spacial score (nSPS) is 16.1. The molecule has 3 atom stereocenters. The van der Waals surface area contributed by atoms with E-state index in [1.807, 2.05) is 96.2 Å². The number of aromatic nitrogens is 11. The molecular formula is C76H73FN18O. The van der Waals surface area contributed by atoms with E-state index < -0.39 is 0 Å². The number of benzene rings is 5. The predicted octanol–water partition coefficient (Wildman–Crippen LogP) is 12.0. The van der Waals surface area contributed by atoms with Gasteiger partial charge in [0.2, 0.25) is 0 Å². The van der Waals surface area contributed by atoms with Crippen LogP contribution in [0.15, 0.2) is 189 Å². The highest BCUT2D eigenvalue weighted by molar-refractivity contribution is 5.76. The van der Waals surface area contributed by atoms with Gasteiger partial charge in [-0.15, -0.1) is 10.2 Å². The summed E-state index contributed by atoms with van der Waals surface area (Å²) in [6.07, 6.45) is 19.0. The minimum absolute atomic E-state index is 0.230. The second-order valence-corrected chi connectivity index (χ2v) is 26.1. The first-order chi connectivity index (χ1) is 46.8. The molecule has 12 aromatic rings. The maximum atomic E-state index is 13.4. The van der Waals surface area contributed by atoms with Crippen molar-refractivity contribution >= 4 is 17.2 Å². The molecule has 2 saturated heterocycles. The number of anilines is 3. The number of aliphatic hydroxyl groups excluding tert-OH is 1. The van der Waals surface area contributed by atoms with Crippen LogP contribution in [0.4, 0.5) is 21.6 Å². The van der Waals surface area contributed by atoms with E-state index in [9.17, 15) is 9.50 Å². The molecular weight excluding hydrogens is 1200 g/mol. The van der Waals surface area contributed by atoms with E-state index in [1.165, 1.54) is 34.5 Å². The molecule has 480 valence electrons. The molecule has 19 nitrogen and oxygen atoms in total. The Hall–Kier alpha value is -11.2. The van der Waals surface area contributed by atoms with E-state index in [1.54, 1.807) is 6.33 Å². The molecule has 12 heterocycles. The Labute approximate surface area is 557 Å². The van der Waals surface area contributed by atoms with Crippen LogP contribution in [0.1, 0.15) is 41.2 Å². The number of nitrogens with one attached hydrogen (secondary N) is 1. The molecule has 0 bridgehead atoms. The second-order valence-electron chi connectivity index (χ2n) is 26.1. The van der Waals surface area contributed by atoms with E-state index >= 15 is 0 Å². The van der Waals surface area contributed by atoms with Crippen LogP contribution in [0.25, 0.3) is 85.0 Å². The van der Waals surface area contributed by atoms with Crippen molar-refractivity contribution in [1.29, 1.82) is 10.5 Å². The molecule has 0 unspecified atom stereocenters. The summed E-state index contributed by atoms with van der Waals surface area (Å²) in [6, 6.07) is 48.8. The quantitative estimate of drug-likeness (QED) is 0.125. The molecule has 0 spiro atoms. The van der Waals surface area contributed by atoms with Gasteiger partial charge >= 0.3 is 0 Å². The molecule has 96 heavy (non-hydrogen) atoms. The molecule has 7 aromatic heterocycles. The van der Waals surface area contributed by atoms with Crippen LogP contribution in [0.3, 0.4) is 0 Å². The van der Waals surface area contributed by atoms with Crippen molar-refractivity contribution in [2.24, 2.45) is 11.8 Å². The molecule has 0 aliphatic carbocycles. The first kappa shape index (κ1) is 61.0. The summed E-state index contributed by atoms with van der Waals surface area (Å²) >= 11 is 0. The fraction of sp³-hybridized carbons (Fsp3) is 0.250. The lowest BCUT2D eigenvalue weighted by Crippen LogP contribution is -2.31. The Balaban J connectivity index is 0.000000118. The van der Waals surface area contributed by atoms with Gasteiger partial charge < -0.3 is 43.7 Å². The minimum Gasteiger partial charge on any atom is -0.396 e. The van der Waals surface area contributed by atoms with Gasteiger partial charge in [-0.2, -0.15) is 10.5 Å². The average molecular weight is 1270 g/mol. The Morgan fingerprint density at radius 1 is 0.583 bits per heavy atom. The summed E-state index contributed by atoms with van der Waals surface area (Å²) in [4.78, 5) is 23.4. The molecule has 5 aliphatic rings. The molecule has 5 aliphatic heterocycles. The first-order valence-electron chi connectivity index (χ1n) is 32.6. The van der Waals surface area contributed by atoms with E-state index in [-0.39, 0.29) is 12.4 Å². The minimum atomic E-state index is -0.230. The van der Waals surface area contributed by atoms with Crippen LogP contribution in [0.2, 0.25) is 0 Å². The Morgan fingerprint density at radius 2 is 1.14 bits per heavy atom. The van der Waals surface area contributed by atoms with Gasteiger partial charge in [-0.05, 0) is 165 Å². The molecule has 20 heteroatoms. The van der Waals surface area contributed by atoms with Crippen LogP contribution in [0.5, 0.6) is 0 Å². The fourth-order valence-corrected chi connectivity index (χ4v) is 14.0. The number of nitriles is 2. The maximum absolute atomic E-state index is 13.4. The summed E-state index contributed by atoms with van der Waals surface area (Å²) in [6.45, 7) is 10.4. The second kappa shape index (κ2) is 25.6. The molecule has 2 N–H and O–H groups in total. The van der Waals surface area contributed by atoms with Gasteiger partial charge in [0.15, 0.2) is 17.5 Å². The van der Waals surface area contributed by atoms with Gasteiger partial charge in [0, 0.05) is 154 Å². The zero-order chi connectivity index (χ0) is 65.7. The summed E-state index contributed by atoms with van der Waals surface area (Å²) in [7, 11) is 8.45. The van der Waals surface area contributed by atoms with Crippen LogP contribution in [-0.2, 0) is 19.6 Å². The van der Waals surface area contributed by atoms with E-state index in [0.717, 1.165) is 162 Å². The van der Waals surface area contributed by atoms with Crippen molar-refractivity contribution < 1.29 is 9.50 Å². The summed E-state index contributed by atoms with van der Waals surface area (Å²) in [5, 5.41) is 40.0. The van der Waals surface area contributed by atoms with Crippen molar-refractivity contribution in [1.82, 2.24) is 62.4 Å². The number of rotatable bonds is 11. The summed E-state index contributed by atoms with van der Waals surface area (Å²) < 4.78 is 26.5. The zero-order valence-electron chi connectivity index (χ0n) is 54.3. The van der Waals surface area contributed by atoms with Gasteiger partial charge in [0.1, 0.15) is 18.0 Å². The first-order valence-corrected chi connectivity index (χ1v) is 32.6. The van der Waals surface area contributed by atoms with Crippen LogP contribution >= 0.6 is 0 Å². The number of hydrogen-bond acceptors (Lipinski definition) is 13. The summed E-state index contributed by atoms with van der Waals surface area (Å²) in [5.41, 5.74) is 20.2. The Morgan fingerprint density at radius 3 is 1.68 bits per heavy atom. The SMILES string of the molecule is CN(C)CCNc1ccc2c(c1)Cn1cc(-c3ccc(C#N)cc3)cc1-c1nccn1-2.CN(C)[C@H]1CCN(c2cc3c(cn2)-n2cnnc2-c2cc(-c4ccc(C#N)cc4)cn2C3)C1.C[C@H]1CN(c2ccc3c(c2)Cn2cc(-c4ccc(F)cc4)cc2-c2nccn2-3)C[C@@H]1CO. The van der Waals surface area contributed by atoms with Gasteiger partial charge in [0.25, 0.3) is 0 Å². The third-order valence-electron chi connectivity index (χ3n) is 19.4. The van der Waals surface area contributed by atoms with E-state index in [0.29, 0.717) is 29.0 Å². The van der Waals surface area contributed by atoms with Crippen LogP contribution in [-0.4, -0.2) is 148 Å². The number of imidazole rings is 2. The van der Waals surface area contributed by atoms with Crippen molar-refractivity contribution in [3.8, 4) is 97.1 Å². The van der Waals surface area contributed by atoms with Gasteiger partial charge in [-0.1, -0.05) is 43.3 Å². The van der Waals surface area contributed by atoms with Crippen molar-refractivity contribution in [3.63, 3.8) is 0 Å². The number of fused-ring (bicyclic) bond motifs is 15. The van der Waals surface area contributed by atoms with Crippen LogP contribution < -0.4 is 15.1 Å². The molecule has 17 rings (SSSR count). The lowest BCUT2D eigenvalue weighted by molar-refractivity contribution is 0.212. The third kappa shape index (κ3) is 11.8. The average Bonchev–Trinajstić information content (AvgIpc) is 1.62. The highest BCUT2D eigenvalue weighted by Crippen LogP contribution is 2.40. The van der Waals surface area contributed by atoms with Crippen molar-refractivity contribution in [3.05, 3.63) is 223 Å². The lowest BCUT2D eigenvalue weighted by atomic mass is 10.00.